The molecule has 0 aliphatic carbocycles. The Morgan fingerprint density at radius 2 is 2.08 bits per heavy atom. The lowest BCUT2D eigenvalue weighted by Crippen LogP contribution is -2.37. The Labute approximate surface area is 155 Å². The molecule has 1 aliphatic rings. The highest BCUT2D eigenvalue weighted by atomic mass is 32.2. The average Bonchev–Trinajstić information content (AvgIpc) is 3.24. The molecule has 7 nitrogen and oxygen atoms in total. The Morgan fingerprint density at radius 1 is 1.36 bits per heavy atom. The molecule has 0 atom stereocenters. The molecule has 0 bridgehead atoms. The summed E-state index contributed by atoms with van der Waals surface area (Å²) in [4.78, 5) is 12.8. The van der Waals surface area contributed by atoms with Gasteiger partial charge in [0.1, 0.15) is 5.01 Å². The van der Waals surface area contributed by atoms with Gasteiger partial charge in [0.15, 0.2) is 0 Å². The highest BCUT2D eigenvalue weighted by Gasteiger charge is 2.29. The van der Waals surface area contributed by atoms with Gasteiger partial charge in [-0.1, -0.05) is 25.2 Å². The quantitative estimate of drug-likeness (QED) is 0.833. The minimum absolute atomic E-state index is 0.184. The third kappa shape index (κ3) is 4.08. The largest absolute Gasteiger partial charge is 0.296 e. The van der Waals surface area contributed by atoms with Gasteiger partial charge in [0.05, 0.1) is 9.77 Å². The van der Waals surface area contributed by atoms with Crippen molar-refractivity contribution in [1.29, 1.82) is 0 Å². The summed E-state index contributed by atoms with van der Waals surface area (Å²) in [7, 11) is -3.53. The monoisotopic (exact) mass is 400 g/mol. The number of rotatable bonds is 5. The van der Waals surface area contributed by atoms with Crippen LogP contribution in [0.15, 0.2) is 16.3 Å². The fourth-order valence-corrected chi connectivity index (χ4v) is 5.85. The zero-order valence-electron chi connectivity index (χ0n) is 14.1. The molecule has 0 saturated carbocycles. The van der Waals surface area contributed by atoms with Crippen LogP contribution in [0, 0.1) is 5.92 Å². The maximum atomic E-state index is 12.7. The lowest BCUT2D eigenvalue weighted by atomic mass is 10.0. The van der Waals surface area contributed by atoms with E-state index in [-0.39, 0.29) is 10.8 Å². The number of nitrogens with one attached hydrogen (secondary N) is 1. The van der Waals surface area contributed by atoms with Crippen LogP contribution in [0.5, 0.6) is 0 Å². The number of nitrogens with zero attached hydrogens (tertiary/aromatic N) is 3. The second-order valence-electron chi connectivity index (χ2n) is 6.04. The van der Waals surface area contributed by atoms with Gasteiger partial charge < -0.3 is 0 Å². The minimum atomic E-state index is -3.53. The maximum Gasteiger partial charge on any atom is 0.267 e. The normalized spacial score (nSPS) is 16.9. The smallest absolute Gasteiger partial charge is 0.267 e. The maximum absolute atomic E-state index is 12.7. The molecular weight excluding hydrogens is 380 g/mol. The third-order valence-electron chi connectivity index (χ3n) is 4.17. The van der Waals surface area contributed by atoms with Crippen LogP contribution in [-0.2, 0) is 16.4 Å². The van der Waals surface area contributed by atoms with Crippen LogP contribution in [0.2, 0.25) is 0 Å². The molecule has 0 spiro atoms. The number of aryl methyl sites for hydroxylation is 1. The Morgan fingerprint density at radius 3 is 2.72 bits per heavy atom. The molecule has 1 aliphatic heterocycles. The van der Waals surface area contributed by atoms with E-state index in [4.69, 9.17) is 0 Å². The van der Waals surface area contributed by atoms with E-state index in [1.165, 1.54) is 27.1 Å². The van der Waals surface area contributed by atoms with E-state index in [0.717, 1.165) is 35.6 Å². The average molecular weight is 401 g/mol. The Balaban J connectivity index is 1.71. The Kier molecular flexibility index (Phi) is 5.52. The number of hydrogen-bond donors (Lipinski definition) is 1. The van der Waals surface area contributed by atoms with Crippen LogP contribution < -0.4 is 5.32 Å². The second kappa shape index (κ2) is 7.48. The first-order valence-corrected chi connectivity index (χ1v) is 11.3. The zero-order chi connectivity index (χ0) is 18.0. The van der Waals surface area contributed by atoms with Gasteiger partial charge in [-0.15, -0.1) is 21.5 Å². The van der Waals surface area contributed by atoms with Crippen molar-refractivity contribution in [3.8, 4) is 0 Å². The highest BCUT2D eigenvalue weighted by Crippen LogP contribution is 2.27. The predicted octanol–water partition coefficient (Wildman–Crippen LogP) is 2.83. The molecular formula is C15H20N4O3S3. The van der Waals surface area contributed by atoms with Gasteiger partial charge in [-0.05, 0) is 31.2 Å². The van der Waals surface area contributed by atoms with Crippen molar-refractivity contribution < 1.29 is 13.2 Å². The number of carbonyl (C=O) groups is 1. The van der Waals surface area contributed by atoms with Gasteiger partial charge in [0, 0.05) is 18.5 Å². The number of piperidine rings is 1. The first-order chi connectivity index (χ1) is 11.9. The molecule has 0 unspecified atom stereocenters. The summed E-state index contributed by atoms with van der Waals surface area (Å²) >= 11 is 2.43. The SMILES string of the molecule is CCc1nnc(NC(=O)c2cc(S(=O)(=O)N3CCC(C)CC3)cs2)s1. The lowest BCUT2D eigenvalue weighted by molar-refractivity contribution is 0.103. The fourth-order valence-electron chi connectivity index (χ4n) is 2.55. The number of carbonyl (C=O) groups excluding carboxylic acids is 1. The van der Waals surface area contributed by atoms with E-state index in [2.05, 4.69) is 22.4 Å². The molecule has 1 fully saturated rings. The van der Waals surface area contributed by atoms with Gasteiger partial charge in [0.2, 0.25) is 15.2 Å². The van der Waals surface area contributed by atoms with Crippen molar-refractivity contribution >= 4 is 43.7 Å². The molecule has 1 N–H and O–H groups in total. The summed E-state index contributed by atoms with van der Waals surface area (Å²) in [5.41, 5.74) is 0. The molecule has 2 aromatic rings. The molecule has 3 heterocycles. The Bertz CT molecular complexity index is 851. The van der Waals surface area contributed by atoms with Crippen molar-refractivity contribution in [2.24, 2.45) is 5.92 Å². The van der Waals surface area contributed by atoms with Crippen LogP contribution in [0.3, 0.4) is 0 Å². The van der Waals surface area contributed by atoms with Crippen LogP contribution >= 0.6 is 22.7 Å². The lowest BCUT2D eigenvalue weighted by Gasteiger charge is -2.29. The summed E-state index contributed by atoms with van der Waals surface area (Å²) in [5, 5.41) is 13.3. The van der Waals surface area contributed by atoms with Crippen molar-refractivity contribution in [1.82, 2.24) is 14.5 Å². The zero-order valence-corrected chi connectivity index (χ0v) is 16.5. The number of hydrogen-bond acceptors (Lipinski definition) is 7. The first-order valence-electron chi connectivity index (χ1n) is 8.12. The first kappa shape index (κ1) is 18.4. The summed E-state index contributed by atoms with van der Waals surface area (Å²) in [6.45, 7) is 5.16. The number of amides is 1. The molecule has 10 heteroatoms. The molecule has 1 amide bonds. The summed E-state index contributed by atoms with van der Waals surface area (Å²) in [5.74, 6) is 0.188. The van der Waals surface area contributed by atoms with E-state index in [1.54, 1.807) is 0 Å². The molecule has 1 saturated heterocycles. The fraction of sp³-hybridized carbons (Fsp3) is 0.533. The van der Waals surface area contributed by atoms with Crippen molar-refractivity contribution in [2.45, 2.75) is 38.0 Å². The van der Waals surface area contributed by atoms with E-state index in [0.29, 0.717) is 29.0 Å². The van der Waals surface area contributed by atoms with Gasteiger partial charge in [-0.25, -0.2) is 8.42 Å². The van der Waals surface area contributed by atoms with E-state index in [9.17, 15) is 13.2 Å². The summed E-state index contributed by atoms with van der Waals surface area (Å²) in [6, 6.07) is 1.44. The van der Waals surface area contributed by atoms with Gasteiger partial charge >= 0.3 is 0 Å². The molecule has 0 radical (unpaired) electrons. The van der Waals surface area contributed by atoms with Crippen molar-refractivity contribution in [3.63, 3.8) is 0 Å². The van der Waals surface area contributed by atoms with Crippen LogP contribution in [0.1, 0.15) is 41.4 Å². The van der Waals surface area contributed by atoms with Crippen molar-refractivity contribution in [3.05, 3.63) is 21.3 Å². The van der Waals surface area contributed by atoms with Gasteiger partial charge in [-0.2, -0.15) is 4.31 Å². The number of thiophene rings is 1. The second-order valence-corrected chi connectivity index (χ2v) is 9.95. The predicted molar refractivity (Wildman–Crippen MR) is 98.7 cm³/mol. The van der Waals surface area contributed by atoms with E-state index < -0.39 is 10.0 Å². The Hall–Kier alpha value is -1.36. The molecule has 136 valence electrons. The topological polar surface area (TPSA) is 92.3 Å². The van der Waals surface area contributed by atoms with Crippen LogP contribution in [0.4, 0.5) is 5.13 Å². The highest BCUT2D eigenvalue weighted by molar-refractivity contribution is 7.89. The minimum Gasteiger partial charge on any atom is -0.296 e. The molecule has 2 aromatic heterocycles. The molecule has 0 aromatic carbocycles. The number of sulfonamides is 1. The van der Waals surface area contributed by atoms with Crippen molar-refractivity contribution in [2.75, 3.05) is 18.4 Å². The van der Waals surface area contributed by atoms with Gasteiger partial charge in [-0.3, -0.25) is 10.1 Å². The van der Waals surface area contributed by atoms with E-state index in [1.807, 2.05) is 6.92 Å². The summed E-state index contributed by atoms with van der Waals surface area (Å²) < 4.78 is 26.9. The standard InChI is InChI=1S/C15H20N4O3S3/c1-3-13-17-18-15(24-13)16-14(20)12-8-11(9-23-12)25(21,22)19-6-4-10(2)5-7-19/h8-10H,3-7H2,1-2H3,(H,16,18,20). The van der Waals surface area contributed by atoms with Crippen LogP contribution in [0.25, 0.3) is 0 Å². The number of anilines is 1. The molecule has 25 heavy (non-hydrogen) atoms. The molecule has 3 rings (SSSR count). The van der Waals surface area contributed by atoms with E-state index >= 15 is 0 Å². The summed E-state index contributed by atoms with van der Waals surface area (Å²) in [6.07, 6.45) is 2.49. The van der Waals surface area contributed by atoms with Crippen LogP contribution in [-0.4, -0.2) is 41.9 Å². The van der Waals surface area contributed by atoms with Gasteiger partial charge in [0.25, 0.3) is 5.91 Å². The third-order valence-corrected chi connectivity index (χ3v) is 8.11. The number of aromatic nitrogens is 2.